The fourth-order valence-corrected chi connectivity index (χ4v) is 6.55. The largest absolute Gasteiger partial charge is 0.307 e. The highest BCUT2D eigenvalue weighted by Crippen LogP contribution is 2.44. The molecular weight excluding hydrogens is 508 g/mol. The first-order chi connectivity index (χ1) is 20.5. The first kappa shape index (κ1) is 24.7. The van der Waals surface area contributed by atoms with Gasteiger partial charge in [0.25, 0.3) is 0 Å². The minimum absolute atomic E-state index is 0.0379. The normalized spacial score (nSPS) is 12.2. The van der Waals surface area contributed by atoms with Gasteiger partial charge in [0.05, 0.1) is 22.1 Å². The molecule has 6 aromatic carbocycles. The lowest BCUT2D eigenvalue weighted by atomic mass is 9.86. The summed E-state index contributed by atoms with van der Waals surface area (Å²) in [5.41, 5.74) is 11.1. The van der Waals surface area contributed by atoms with E-state index in [0.717, 1.165) is 0 Å². The van der Waals surface area contributed by atoms with E-state index in [-0.39, 0.29) is 5.41 Å². The Morgan fingerprint density at radius 1 is 0.429 bits per heavy atom. The first-order valence-electron chi connectivity index (χ1n) is 14.7. The number of fused-ring (bicyclic) bond motifs is 7. The van der Waals surface area contributed by atoms with Crippen LogP contribution in [0.25, 0.3) is 66.1 Å². The van der Waals surface area contributed by atoms with E-state index in [0.29, 0.717) is 0 Å². The molecule has 2 aromatic heterocycles. The SMILES string of the molecule is CC(C)(C)c1ccc2c(c1)c1c(c3ccc4ccccc4c3n1-c1ccc(-c3ccccc3)cc1)n2-c1ccccc1. The van der Waals surface area contributed by atoms with Gasteiger partial charge >= 0.3 is 0 Å². The minimum atomic E-state index is 0.0379. The molecule has 0 unspecified atom stereocenters. The van der Waals surface area contributed by atoms with Crippen molar-refractivity contribution < 1.29 is 0 Å². The summed E-state index contributed by atoms with van der Waals surface area (Å²) >= 11 is 0. The van der Waals surface area contributed by atoms with Crippen molar-refractivity contribution in [1.82, 2.24) is 9.13 Å². The third-order valence-corrected chi connectivity index (χ3v) is 8.66. The summed E-state index contributed by atoms with van der Waals surface area (Å²) in [6, 6.07) is 50.9. The van der Waals surface area contributed by atoms with Crippen LogP contribution < -0.4 is 0 Å². The molecule has 202 valence electrons. The Hall–Kier alpha value is -5.08. The lowest BCUT2D eigenvalue weighted by molar-refractivity contribution is 0.591. The van der Waals surface area contributed by atoms with Gasteiger partial charge in [0, 0.05) is 27.5 Å². The van der Waals surface area contributed by atoms with E-state index in [1.54, 1.807) is 0 Å². The van der Waals surface area contributed by atoms with Crippen LogP contribution in [0.5, 0.6) is 0 Å². The Morgan fingerprint density at radius 3 is 1.79 bits per heavy atom. The van der Waals surface area contributed by atoms with E-state index in [4.69, 9.17) is 0 Å². The monoisotopic (exact) mass is 540 g/mol. The molecule has 42 heavy (non-hydrogen) atoms. The highest BCUT2D eigenvalue weighted by molar-refractivity contribution is 6.24. The van der Waals surface area contributed by atoms with E-state index < -0.39 is 0 Å². The summed E-state index contributed by atoms with van der Waals surface area (Å²) in [5, 5.41) is 5.04. The van der Waals surface area contributed by atoms with Crippen molar-refractivity contribution in [1.29, 1.82) is 0 Å². The number of para-hydroxylation sites is 1. The number of benzene rings is 6. The van der Waals surface area contributed by atoms with Crippen molar-refractivity contribution >= 4 is 43.6 Å². The lowest BCUT2D eigenvalue weighted by Gasteiger charge is -2.19. The maximum absolute atomic E-state index is 2.51. The Morgan fingerprint density at radius 2 is 1.05 bits per heavy atom. The number of hydrogen-bond acceptors (Lipinski definition) is 0. The Labute approximate surface area is 246 Å². The third-order valence-electron chi connectivity index (χ3n) is 8.66. The highest BCUT2D eigenvalue weighted by atomic mass is 15.1. The van der Waals surface area contributed by atoms with Crippen molar-refractivity contribution in [3.63, 3.8) is 0 Å². The molecular formula is C40H32N2. The second-order valence-electron chi connectivity index (χ2n) is 12.3. The van der Waals surface area contributed by atoms with Crippen LogP contribution in [0.15, 0.2) is 140 Å². The number of nitrogens with zero attached hydrogens (tertiary/aromatic N) is 2. The van der Waals surface area contributed by atoms with Gasteiger partial charge in [-0.1, -0.05) is 124 Å². The van der Waals surface area contributed by atoms with Crippen LogP contribution in [-0.2, 0) is 5.41 Å². The van der Waals surface area contributed by atoms with Crippen molar-refractivity contribution in [2.75, 3.05) is 0 Å². The molecule has 2 heterocycles. The van der Waals surface area contributed by atoms with Crippen molar-refractivity contribution in [2.24, 2.45) is 0 Å². The minimum Gasteiger partial charge on any atom is -0.307 e. The van der Waals surface area contributed by atoms with Crippen molar-refractivity contribution in [2.45, 2.75) is 26.2 Å². The van der Waals surface area contributed by atoms with Crippen LogP contribution in [0.2, 0.25) is 0 Å². The predicted octanol–water partition coefficient (Wildman–Crippen LogP) is 10.8. The van der Waals surface area contributed by atoms with E-state index >= 15 is 0 Å². The number of rotatable bonds is 3. The van der Waals surface area contributed by atoms with Gasteiger partial charge in [0.15, 0.2) is 0 Å². The van der Waals surface area contributed by atoms with Gasteiger partial charge in [-0.2, -0.15) is 0 Å². The van der Waals surface area contributed by atoms with Gasteiger partial charge in [-0.05, 0) is 63.9 Å². The summed E-state index contributed by atoms with van der Waals surface area (Å²) in [5.74, 6) is 0. The second kappa shape index (κ2) is 9.22. The molecule has 0 fully saturated rings. The van der Waals surface area contributed by atoms with E-state index in [2.05, 4.69) is 169 Å². The average molecular weight is 541 g/mol. The zero-order valence-corrected chi connectivity index (χ0v) is 24.2. The maximum Gasteiger partial charge on any atom is 0.0804 e. The lowest BCUT2D eigenvalue weighted by Crippen LogP contribution is -2.10. The van der Waals surface area contributed by atoms with Crippen LogP contribution in [-0.4, -0.2) is 9.13 Å². The van der Waals surface area contributed by atoms with Gasteiger partial charge < -0.3 is 9.13 Å². The molecule has 2 nitrogen and oxygen atoms in total. The van der Waals surface area contributed by atoms with Crippen LogP contribution in [0.3, 0.4) is 0 Å². The van der Waals surface area contributed by atoms with E-state index in [9.17, 15) is 0 Å². The fourth-order valence-electron chi connectivity index (χ4n) is 6.55. The zero-order chi connectivity index (χ0) is 28.4. The summed E-state index contributed by atoms with van der Waals surface area (Å²) in [6.07, 6.45) is 0. The third kappa shape index (κ3) is 3.72. The van der Waals surface area contributed by atoms with Crippen LogP contribution in [0.1, 0.15) is 26.3 Å². The summed E-state index contributed by atoms with van der Waals surface area (Å²) in [6.45, 7) is 6.89. The molecule has 0 saturated heterocycles. The summed E-state index contributed by atoms with van der Waals surface area (Å²) in [4.78, 5) is 0. The molecule has 0 aliphatic rings. The molecule has 0 aliphatic carbocycles. The molecule has 0 amide bonds. The molecule has 2 heteroatoms. The molecule has 0 spiro atoms. The van der Waals surface area contributed by atoms with Gasteiger partial charge in [0.1, 0.15) is 0 Å². The smallest absolute Gasteiger partial charge is 0.0804 e. The quantitative estimate of drug-likeness (QED) is 0.211. The molecule has 8 aromatic rings. The topological polar surface area (TPSA) is 9.86 Å². The second-order valence-corrected chi connectivity index (χ2v) is 12.3. The number of hydrogen-bond donors (Lipinski definition) is 0. The Bertz CT molecular complexity index is 2240. The molecule has 0 saturated carbocycles. The first-order valence-corrected chi connectivity index (χ1v) is 14.7. The van der Waals surface area contributed by atoms with Crippen LogP contribution >= 0.6 is 0 Å². The van der Waals surface area contributed by atoms with E-state index in [1.807, 2.05) is 0 Å². The van der Waals surface area contributed by atoms with Crippen molar-refractivity contribution in [3.8, 4) is 22.5 Å². The van der Waals surface area contributed by atoms with Crippen LogP contribution in [0, 0.1) is 0 Å². The van der Waals surface area contributed by atoms with Gasteiger partial charge in [-0.25, -0.2) is 0 Å². The number of aromatic nitrogens is 2. The summed E-state index contributed by atoms with van der Waals surface area (Å²) < 4.78 is 4.97. The zero-order valence-electron chi connectivity index (χ0n) is 24.2. The Kier molecular flexibility index (Phi) is 5.42. The standard InChI is InChI=1S/C40H32N2/c1-40(2,3)30-21-25-36-35(26-30)39-38(41(36)31-15-8-5-9-16-31)34-24-20-29-14-10-11-17-33(29)37(34)42(39)32-22-18-28(19-23-32)27-12-6-4-7-13-27/h4-26H,1-3H3. The highest BCUT2D eigenvalue weighted by Gasteiger charge is 2.25. The summed E-state index contributed by atoms with van der Waals surface area (Å²) in [7, 11) is 0. The molecule has 8 rings (SSSR count). The van der Waals surface area contributed by atoms with Crippen molar-refractivity contribution in [3.05, 3.63) is 145 Å². The molecule has 0 aliphatic heterocycles. The van der Waals surface area contributed by atoms with Gasteiger partial charge in [-0.15, -0.1) is 0 Å². The molecule has 0 bridgehead atoms. The van der Waals surface area contributed by atoms with Gasteiger partial charge in [-0.3, -0.25) is 0 Å². The maximum atomic E-state index is 2.51. The average Bonchev–Trinajstić information content (AvgIpc) is 3.54. The predicted molar refractivity (Wildman–Crippen MR) is 179 cm³/mol. The molecule has 0 radical (unpaired) electrons. The van der Waals surface area contributed by atoms with Crippen LogP contribution in [0.4, 0.5) is 0 Å². The van der Waals surface area contributed by atoms with E-state index in [1.165, 1.54) is 71.7 Å². The van der Waals surface area contributed by atoms with Gasteiger partial charge in [0.2, 0.25) is 0 Å². The molecule has 0 N–H and O–H groups in total. The Balaban J connectivity index is 1.56. The molecule has 0 atom stereocenters. The fraction of sp³-hybridized carbons (Fsp3) is 0.100.